The highest BCUT2D eigenvalue weighted by atomic mass is 16.5. The van der Waals surface area contributed by atoms with Crippen molar-refractivity contribution in [2.45, 2.75) is 12.3 Å². The summed E-state index contributed by atoms with van der Waals surface area (Å²) in [6.45, 7) is 0.196. The zero-order chi connectivity index (χ0) is 23.5. The van der Waals surface area contributed by atoms with Crippen LogP contribution in [0.4, 0.5) is 4.79 Å². The number of nitrogens with one attached hydrogen (secondary N) is 1. The quantitative estimate of drug-likeness (QED) is 0.382. The van der Waals surface area contributed by atoms with E-state index < -0.39 is 18.0 Å². The van der Waals surface area contributed by atoms with Crippen molar-refractivity contribution in [1.29, 1.82) is 0 Å². The fourth-order valence-electron chi connectivity index (χ4n) is 4.75. The van der Waals surface area contributed by atoms with Crippen LogP contribution in [0.5, 0.6) is 0 Å². The molecule has 0 spiro atoms. The molecule has 1 aliphatic rings. The molecule has 0 unspecified atom stereocenters. The third-order valence-corrected chi connectivity index (χ3v) is 6.48. The van der Waals surface area contributed by atoms with Crippen LogP contribution in [0.2, 0.25) is 0 Å². The smallest absolute Gasteiger partial charge is 0.407 e. The average molecular weight is 452 g/mol. The molecule has 0 aliphatic heterocycles. The van der Waals surface area contributed by atoms with Gasteiger partial charge in [0.15, 0.2) is 0 Å². The number of aliphatic carboxylic acids is 1. The lowest BCUT2D eigenvalue weighted by Crippen LogP contribution is -2.35. The number of alkyl carbamates (subject to hydrolysis) is 1. The minimum Gasteiger partial charge on any atom is -0.481 e. The molecule has 1 aliphatic carbocycles. The summed E-state index contributed by atoms with van der Waals surface area (Å²) in [5, 5.41) is 14.5. The number of hydrogen-bond donors (Lipinski definition) is 2. The normalized spacial score (nSPS) is 13.2. The van der Waals surface area contributed by atoms with Gasteiger partial charge in [-0.05, 0) is 45.0 Å². The summed E-state index contributed by atoms with van der Waals surface area (Å²) in [4.78, 5) is 24.3. The number of amides is 1. The molecular formula is C29H25NO4. The molecule has 170 valence electrons. The van der Waals surface area contributed by atoms with Crippen molar-refractivity contribution < 1.29 is 19.4 Å². The van der Waals surface area contributed by atoms with E-state index in [4.69, 9.17) is 4.74 Å². The highest BCUT2D eigenvalue weighted by Crippen LogP contribution is 2.44. The van der Waals surface area contributed by atoms with E-state index in [1.807, 2.05) is 66.7 Å². The Bertz CT molecular complexity index is 1320. The van der Waals surface area contributed by atoms with E-state index in [0.29, 0.717) is 6.42 Å². The molecule has 2 N–H and O–H groups in total. The lowest BCUT2D eigenvalue weighted by atomic mass is 9.97. The van der Waals surface area contributed by atoms with Gasteiger partial charge in [0.25, 0.3) is 0 Å². The number of fused-ring (bicyclic) bond motifs is 4. The maximum Gasteiger partial charge on any atom is 0.407 e. The number of rotatable bonds is 7. The predicted octanol–water partition coefficient (Wildman–Crippen LogP) is 5.62. The van der Waals surface area contributed by atoms with Gasteiger partial charge >= 0.3 is 12.1 Å². The van der Waals surface area contributed by atoms with Gasteiger partial charge in [-0.25, -0.2) is 4.79 Å². The second-order valence-electron chi connectivity index (χ2n) is 8.63. The summed E-state index contributed by atoms with van der Waals surface area (Å²) in [5.74, 6) is -1.74. The molecular weight excluding hydrogens is 426 g/mol. The van der Waals surface area contributed by atoms with Gasteiger partial charge in [0.1, 0.15) is 6.61 Å². The van der Waals surface area contributed by atoms with E-state index in [1.165, 1.54) is 0 Å². The van der Waals surface area contributed by atoms with Gasteiger partial charge in [0, 0.05) is 12.5 Å². The number of ether oxygens (including phenoxy) is 1. The Morgan fingerprint density at radius 3 is 2.12 bits per heavy atom. The molecule has 1 amide bonds. The van der Waals surface area contributed by atoms with Crippen LogP contribution in [0.25, 0.3) is 21.9 Å². The highest BCUT2D eigenvalue weighted by molar-refractivity contribution is 5.83. The van der Waals surface area contributed by atoms with Crippen LogP contribution < -0.4 is 5.32 Å². The summed E-state index contributed by atoms with van der Waals surface area (Å²) >= 11 is 0. The molecule has 0 saturated heterocycles. The highest BCUT2D eigenvalue weighted by Gasteiger charge is 2.29. The molecule has 5 nitrogen and oxygen atoms in total. The van der Waals surface area contributed by atoms with E-state index in [9.17, 15) is 14.7 Å². The maximum absolute atomic E-state index is 12.5. The molecule has 5 rings (SSSR count). The molecule has 5 heteroatoms. The van der Waals surface area contributed by atoms with Gasteiger partial charge in [-0.3, -0.25) is 4.79 Å². The van der Waals surface area contributed by atoms with Crippen LogP contribution in [0.15, 0.2) is 91.0 Å². The molecule has 0 radical (unpaired) electrons. The van der Waals surface area contributed by atoms with Crippen molar-refractivity contribution in [3.05, 3.63) is 108 Å². The molecule has 0 bridgehead atoms. The first-order chi connectivity index (χ1) is 16.6. The summed E-state index contributed by atoms with van der Waals surface area (Å²) in [5.41, 5.74) is 5.51. The van der Waals surface area contributed by atoms with E-state index >= 15 is 0 Å². The Labute approximate surface area is 198 Å². The molecule has 0 saturated carbocycles. The molecule has 0 heterocycles. The first kappa shape index (κ1) is 21.7. The molecule has 4 aromatic rings. The lowest BCUT2D eigenvalue weighted by Gasteiger charge is -2.16. The fourth-order valence-corrected chi connectivity index (χ4v) is 4.75. The van der Waals surface area contributed by atoms with Crippen molar-refractivity contribution in [1.82, 2.24) is 5.32 Å². The first-order valence-electron chi connectivity index (χ1n) is 11.4. The zero-order valence-corrected chi connectivity index (χ0v) is 18.6. The Morgan fingerprint density at radius 1 is 0.824 bits per heavy atom. The van der Waals surface area contributed by atoms with E-state index in [-0.39, 0.29) is 19.1 Å². The van der Waals surface area contributed by atoms with Crippen LogP contribution in [-0.2, 0) is 16.0 Å². The Hall–Kier alpha value is -4.12. The van der Waals surface area contributed by atoms with E-state index in [2.05, 4.69) is 29.6 Å². The van der Waals surface area contributed by atoms with Crippen LogP contribution >= 0.6 is 0 Å². The van der Waals surface area contributed by atoms with Gasteiger partial charge in [0.2, 0.25) is 0 Å². The third kappa shape index (κ3) is 4.37. The number of hydrogen-bond acceptors (Lipinski definition) is 3. The summed E-state index contributed by atoms with van der Waals surface area (Å²) in [6, 6.07) is 30.2. The lowest BCUT2D eigenvalue weighted by molar-refractivity contribution is -0.141. The maximum atomic E-state index is 12.5. The summed E-state index contributed by atoms with van der Waals surface area (Å²) in [7, 11) is 0. The second-order valence-corrected chi connectivity index (χ2v) is 8.63. The van der Waals surface area contributed by atoms with E-state index in [1.54, 1.807) is 0 Å². The number of benzene rings is 4. The van der Waals surface area contributed by atoms with Gasteiger partial charge in [-0.2, -0.15) is 0 Å². The molecule has 1 atom stereocenters. The van der Waals surface area contributed by atoms with Crippen molar-refractivity contribution in [3.8, 4) is 11.1 Å². The Morgan fingerprint density at radius 2 is 1.44 bits per heavy atom. The van der Waals surface area contributed by atoms with Crippen molar-refractivity contribution in [2.75, 3.05) is 13.2 Å². The minimum absolute atomic E-state index is 0.00116. The van der Waals surface area contributed by atoms with Gasteiger partial charge in [-0.15, -0.1) is 0 Å². The number of carbonyl (C=O) groups is 2. The third-order valence-electron chi connectivity index (χ3n) is 6.48. The van der Waals surface area contributed by atoms with Crippen LogP contribution in [0, 0.1) is 5.92 Å². The van der Waals surface area contributed by atoms with Crippen molar-refractivity contribution in [2.24, 2.45) is 5.92 Å². The van der Waals surface area contributed by atoms with Crippen molar-refractivity contribution >= 4 is 22.8 Å². The molecule has 0 fully saturated rings. The summed E-state index contributed by atoms with van der Waals surface area (Å²) < 4.78 is 5.53. The fraction of sp³-hybridized carbons (Fsp3) is 0.172. The van der Waals surface area contributed by atoms with Crippen LogP contribution in [-0.4, -0.2) is 30.3 Å². The van der Waals surface area contributed by atoms with Crippen LogP contribution in [0.3, 0.4) is 0 Å². The first-order valence-corrected chi connectivity index (χ1v) is 11.4. The molecule has 34 heavy (non-hydrogen) atoms. The van der Waals surface area contributed by atoms with E-state index in [0.717, 1.165) is 38.6 Å². The SMILES string of the molecule is O=C(NC[C@H](Cc1ccc2ccccc2c1)C(=O)O)OCC1c2ccccc2-c2ccccc21. The Kier molecular flexibility index (Phi) is 6.00. The zero-order valence-electron chi connectivity index (χ0n) is 18.6. The van der Waals surface area contributed by atoms with Gasteiger partial charge in [-0.1, -0.05) is 91.0 Å². The van der Waals surface area contributed by atoms with Crippen molar-refractivity contribution in [3.63, 3.8) is 0 Å². The molecule has 0 aromatic heterocycles. The topological polar surface area (TPSA) is 75.6 Å². The largest absolute Gasteiger partial charge is 0.481 e. The summed E-state index contributed by atoms with van der Waals surface area (Å²) in [6.07, 6.45) is -0.282. The van der Waals surface area contributed by atoms with Gasteiger partial charge in [0.05, 0.1) is 5.92 Å². The molecule has 4 aromatic carbocycles. The van der Waals surface area contributed by atoms with Crippen LogP contribution in [0.1, 0.15) is 22.6 Å². The minimum atomic E-state index is -0.952. The predicted molar refractivity (Wildman–Crippen MR) is 132 cm³/mol. The Balaban J connectivity index is 1.21. The van der Waals surface area contributed by atoms with Gasteiger partial charge < -0.3 is 15.2 Å². The standard InChI is InChI=1S/C29H25NO4/c31-28(32)22(16-19-13-14-20-7-1-2-8-21(20)15-19)17-30-29(33)34-18-27-25-11-5-3-9-23(25)24-10-4-6-12-26(24)27/h1-15,22,27H,16-18H2,(H,30,33)(H,31,32)/t22-/m0/s1. The number of carboxylic acid groups (broad SMARTS) is 1. The monoisotopic (exact) mass is 451 g/mol. The second kappa shape index (κ2) is 9.40. The number of carbonyl (C=O) groups excluding carboxylic acids is 1. The number of carboxylic acids is 1. The average Bonchev–Trinajstić information content (AvgIpc) is 3.18.